The van der Waals surface area contributed by atoms with Crippen LogP contribution in [0.5, 0.6) is 0 Å². The van der Waals surface area contributed by atoms with E-state index >= 15 is 0 Å². The van der Waals surface area contributed by atoms with Gasteiger partial charge in [-0.15, -0.1) is 0 Å². The first-order chi connectivity index (χ1) is 17.4. The van der Waals surface area contributed by atoms with Gasteiger partial charge in [0.25, 0.3) is 11.8 Å². The van der Waals surface area contributed by atoms with Crippen LogP contribution in [0, 0.1) is 5.92 Å². The molecule has 9 nitrogen and oxygen atoms in total. The zero-order valence-electron chi connectivity index (χ0n) is 21.5. The fourth-order valence-corrected chi connectivity index (χ4v) is 6.84. The average molecular weight is 499 g/mol. The highest BCUT2D eigenvalue weighted by molar-refractivity contribution is 6.09. The highest BCUT2D eigenvalue weighted by Gasteiger charge is 2.55. The zero-order chi connectivity index (χ0) is 25.4. The maximum atomic E-state index is 13.7. The second kappa shape index (κ2) is 10.00. The van der Waals surface area contributed by atoms with E-state index in [0.717, 1.165) is 38.6 Å². The molecular formula is C27H38N4O5. The van der Waals surface area contributed by atoms with Crippen LogP contribution in [0.2, 0.25) is 0 Å². The van der Waals surface area contributed by atoms with Gasteiger partial charge in [0.05, 0.1) is 11.1 Å². The summed E-state index contributed by atoms with van der Waals surface area (Å²) in [6.07, 6.45) is 9.04. The van der Waals surface area contributed by atoms with Crippen LogP contribution in [0.25, 0.3) is 0 Å². The Kier molecular flexibility index (Phi) is 6.94. The van der Waals surface area contributed by atoms with E-state index in [2.05, 4.69) is 17.3 Å². The van der Waals surface area contributed by atoms with Gasteiger partial charge >= 0.3 is 6.03 Å². The number of hydrogen-bond acceptors (Lipinski definition) is 6. The summed E-state index contributed by atoms with van der Waals surface area (Å²) in [6, 6.07) is 0.137. The van der Waals surface area contributed by atoms with Crippen LogP contribution < -0.4 is 5.32 Å². The number of amides is 4. The monoisotopic (exact) mass is 498 g/mol. The van der Waals surface area contributed by atoms with Crippen LogP contribution in [-0.2, 0) is 11.2 Å². The highest BCUT2D eigenvalue weighted by atomic mass is 16.3. The van der Waals surface area contributed by atoms with Crippen molar-refractivity contribution in [3.63, 3.8) is 0 Å². The zero-order valence-corrected chi connectivity index (χ0v) is 21.5. The van der Waals surface area contributed by atoms with Gasteiger partial charge in [-0.1, -0.05) is 13.3 Å². The average Bonchev–Trinajstić information content (AvgIpc) is 3.55. The number of Topliss-reactive ketones (excluding diaryl/α,β-unsaturated/α-hetero) is 1. The lowest BCUT2D eigenvalue weighted by molar-refractivity contribution is -0.134. The summed E-state index contributed by atoms with van der Waals surface area (Å²) in [4.78, 5) is 57.9. The minimum absolute atomic E-state index is 0.0201. The predicted molar refractivity (Wildman–Crippen MR) is 133 cm³/mol. The smallest absolute Gasteiger partial charge is 0.325 e. The van der Waals surface area contributed by atoms with Crippen molar-refractivity contribution in [1.82, 2.24) is 20.0 Å². The number of carbonyl (C=O) groups excluding carboxylic acids is 4. The van der Waals surface area contributed by atoms with E-state index in [4.69, 9.17) is 4.42 Å². The third-order valence-corrected chi connectivity index (χ3v) is 8.87. The highest BCUT2D eigenvalue weighted by Crippen LogP contribution is 2.38. The molecule has 0 saturated carbocycles. The lowest BCUT2D eigenvalue weighted by atomic mass is 9.74. The molecule has 1 aromatic heterocycles. The molecule has 2 unspecified atom stereocenters. The van der Waals surface area contributed by atoms with Crippen molar-refractivity contribution in [2.75, 3.05) is 33.2 Å². The normalized spacial score (nSPS) is 27.6. The van der Waals surface area contributed by atoms with Crippen LogP contribution >= 0.6 is 0 Å². The minimum atomic E-state index is -0.896. The molecule has 0 radical (unpaired) electrons. The molecule has 1 aliphatic carbocycles. The van der Waals surface area contributed by atoms with E-state index in [1.807, 2.05) is 6.92 Å². The number of piperidine rings is 1. The SMILES string of the molecule is CCCC1(C2CCN(C(=O)c3coc4c3C(=O)CCC4)CC2)NC(=O)N(CCC2CCCN2C)C1=O. The summed E-state index contributed by atoms with van der Waals surface area (Å²) >= 11 is 0. The van der Waals surface area contributed by atoms with Gasteiger partial charge in [0.15, 0.2) is 5.78 Å². The first-order valence-corrected chi connectivity index (χ1v) is 13.6. The van der Waals surface area contributed by atoms with Gasteiger partial charge in [0, 0.05) is 38.5 Å². The molecule has 196 valence electrons. The number of aryl methyl sites for hydroxylation is 1. The fraction of sp³-hybridized carbons (Fsp3) is 0.704. The maximum absolute atomic E-state index is 13.7. The Morgan fingerprint density at radius 3 is 2.58 bits per heavy atom. The summed E-state index contributed by atoms with van der Waals surface area (Å²) in [5, 5.41) is 3.10. The molecule has 5 rings (SSSR count). The van der Waals surface area contributed by atoms with Gasteiger partial charge in [-0.05, 0) is 64.5 Å². The molecule has 0 aromatic carbocycles. The van der Waals surface area contributed by atoms with Crippen LogP contribution in [0.15, 0.2) is 10.7 Å². The maximum Gasteiger partial charge on any atom is 0.325 e. The van der Waals surface area contributed by atoms with E-state index in [9.17, 15) is 19.2 Å². The first kappa shape index (κ1) is 25.0. The Morgan fingerprint density at radius 1 is 1.11 bits per heavy atom. The molecule has 3 aliphatic heterocycles. The quantitative estimate of drug-likeness (QED) is 0.579. The van der Waals surface area contributed by atoms with Gasteiger partial charge < -0.3 is 19.5 Å². The summed E-state index contributed by atoms with van der Waals surface area (Å²) in [6.45, 7) is 4.52. The molecule has 9 heteroatoms. The summed E-state index contributed by atoms with van der Waals surface area (Å²) < 4.78 is 5.55. The largest absolute Gasteiger partial charge is 0.468 e. The van der Waals surface area contributed by atoms with Gasteiger partial charge in [-0.25, -0.2) is 4.79 Å². The number of rotatable bonds is 7. The van der Waals surface area contributed by atoms with Crippen molar-refractivity contribution in [1.29, 1.82) is 0 Å². The third-order valence-electron chi connectivity index (χ3n) is 8.87. The topological polar surface area (TPSA) is 103 Å². The number of nitrogens with zero attached hydrogens (tertiary/aromatic N) is 3. The van der Waals surface area contributed by atoms with Gasteiger partial charge in [-0.2, -0.15) is 0 Å². The van der Waals surface area contributed by atoms with Crippen molar-refractivity contribution in [3.8, 4) is 0 Å². The van der Waals surface area contributed by atoms with E-state index < -0.39 is 5.54 Å². The van der Waals surface area contributed by atoms with Crippen molar-refractivity contribution < 1.29 is 23.6 Å². The summed E-state index contributed by atoms with van der Waals surface area (Å²) in [7, 11) is 2.11. The number of ketones is 1. The molecular weight excluding hydrogens is 460 g/mol. The molecule has 1 N–H and O–H groups in total. The van der Waals surface area contributed by atoms with Crippen molar-refractivity contribution in [2.24, 2.45) is 5.92 Å². The van der Waals surface area contributed by atoms with Crippen molar-refractivity contribution >= 4 is 23.6 Å². The number of hydrogen-bond donors (Lipinski definition) is 1. The number of likely N-dealkylation sites (tertiary alicyclic amines) is 2. The number of nitrogens with one attached hydrogen (secondary N) is 1. The lowest BCUT2D eigenvalue weighted by Gasteiger charge is -2.41. The summed E-state index contributed by atoms with van der Waals surface area (Å²) in [5.41, 5.74) is -0.0739. The molecule has 2 atom stereocenters. The molecule has 3 fully saturated rings. The van der Waals surface area contributed by atoms with Crippen LogP contribution in [0.3, 0.4) is 0 Å². The van der Waals surface area contributed by atoms with Crippen molar-refractivity contribution in [3.05, 3.63) is 23.2 Å². The number of carbonyl (C=O) groups is 4. The second-order valence-corrected chi connectivity index (χ2v) is 11.0. The van der Waals surface area contributed by atoms with Crippen LogP contribution in [-0.4, -0.2) is 83.1 Å². The fourth-order valence-electron chi connectivity index (χ4n) is 6.84. The van der Waals surface area contributed by atoms with E-state index in [1.165, 1.54) is 11.2 Å². The molecule has 4 amide bonds. The molecule has 4 heterocycles. The first-order valence-electron chi connectivity index (χ1n) is 13.6. The van der Waals surface area contributed by atoms with Gasteiger partial charge in [-0.3, -0.25) is 19.3 Å². The Morgan fingerprint density at radius 2 is 1.89 bits per heavy atom. The standard InChI is InChI=1S/C27H38N4O5/c1-3-12-27(25(34)31(26(35)28-27)16-11-19-6-5-13-29(19)2)18-9-14-30(15-10-18)24(33)20-17-36-22-8-4-7-21(32)23(20)22/h17-19H,3-16H2,1-2H3,(H,28,35). The van der Waals surface area contributed by atoms with Crippen LogP contribution in [0.4, 0.5) is 4.79 Å². The van der Waals surface area contributed by atoms with Crippen molar-refractivity contribution in [2.45, 2.75) is 82.7 Å². The number of furan rings is 1. The van der Waals surface area contributed by atoms with Gasteiger partial charge in [0.1, 0.15) is 17.6 Å². The number of imide groups is 1. The van der Waals surface area contributed by atoms with Gasteiger partial charge in [0.2, 0.25) is 0 Å². The Balaban J connectivity index is 1.26. The Hall–Kier alpha value is -2.68. The second-order valence-electron chi connectivity index (χ2n) is 11.0. The van der Waals surface area contributed by atoms with Crippen LogP contribution in [0.1, 0.15) is 91.2 Å². The lowest BCUT2D eigenvalue weighted by Crippen LogP contribution is -2.56. The third kappa shape index (κ3) is 4.25. The number of urea groups is 1. The summed E-state index contributed by atoms with van der Waals surface area (Å²) in [5.74, 6) is 0.288. The number of fused-ring (bicyclic) bond motifs is 1. The van der Waals surface area contributed by atoms with E-state index in [-0.39, 0.29) is 29.5 Å². The Labute approximate surface area is 212 Å². The molecule has 0 spiro atoms. The molecule has 4 aliphatic rings. The molecule has 36 heavy (non-hydrogen) atoms. The van der Waals surface area contributed by atoms with E-state index in [0.29, 0.717) is 74.7 Å². The molecule has 0 bridgehead atoms. The van der Waals surface area contributed by atoms with E-state index in [1.54, 1.807) is 4.90 Å². The Bertz CT molecular complexity index is 1040. The molecule has 1 aromatic rings. The predicted octanol–water partition coefficient (Wildman–Crippen LogP) is 3.23. The molecule has 3 saturated heterocycles. The minimum Gasteiger partial charge on any atom is -0.468 e.